The van der Waals surface area contributed by atoms with Crippen molar-refractivity contribution in [1.82, 2.24) is 5.32 Å². The van der Waals surface area contributed by atoms with Gasteiger partial charge in [0.15, 0.2) is 0 Å². The zero-order chi connectivity index (χ0) is 12.4. The molecule has 0 spiro atoms. The van der Waals surface area contributed by atoms with E-state index in [-0.39, 0.29) is 5.82 Å². The first-order valence-corrected chi connectivity index (χ1v) is 6.96. The van der Waals surface area contributed by atoms with Gasteiger partial charge >= 0.3 is 0 Å². The second-order valence-electron chi connectivity index (χ2n) is 5.31. The number of halogens is 1. The lowest BCUT2D eigenvalue weighted by Gasteiger charge is -2.16. The molecule has 2 atom stereocenters. The third kappa shape index (κ3) is 2.57. The Bertz CT molecular complexity index is 415. The van der Waals surface area contributed by atoms with E-state index in [0.29, 0.717) is 12.1 Å². The quantitative estimate of drug-likeness (QED) is 0.885. The van der Waals surface area contributed by atoms with Gasteiger partial charge in [-0.05, 0) is 61.9 Å². The Kier molecular flexibility index (Phi) is 3.62. The molecule has 98 valence electrons. The Balaban J connectivity index is 1.53. The summed E-state index contributed by atoms with van der Waals surface area (Å²) in [6, 6.07) is 5.58. The molecule has 0 bridgehead atoms. The summed E-state index contributed by atoms with van der Waals surface area (Å²) in [6.07, 6.45) is 6.03. The largest absolute Gasteiger partial charge is 0.378 e. The Morgan fingerprint density at radius 3 is 3.11 bits per heavy atom. The summed E-state index contributed by atoms with van der Waals surface area (Å²) in [4.78, 5) is 0. The second-order valence-corrected chi connectivity index (χ2v) is 5.31. The molecule has 0 saturated carbocycles. The Morgan fingerprint density at radius 2 is 2.28 bits per heavy atom. The van der Waals surface area contributed by atoms with Gasteiger partial charge in [-0.3, -0.25) is 0 Å². The Labute approximate surface area is 108 Å². The van der Waals surface area contributed by atoms with E-state index < -0.39 is 0 Å². The third-order valence-electron chi connectivity index (χ3n) is 4.06. The minimum absolute atomic E-state index is 0.117. The standard InChI is InChI=1S/C15H20FNO/c16-12-4-5-14-11(10-12)3-6-15(14)17-8-7-13-2-1-9-18-13/h4-5,10,13,15,17H,1-3,6-9H2. The summed E-state index contributed by atoms with van der Waals surface area (Å²) in [6.45, 7) is 1.92. The number of hydrogen-bond donors (Lipinski definition) is 1. The summed E-state index contributed by atoms with van der Waals surface area (Å²) in [5, 5.41) is 3.58. The fourth-order valence-electron chi connectivity index (χ4n) is 3.09. The molecule has 2 aliphatic rings. The van der Waals surface area contributed by atoms with Crippen LogP contribution >= 0.6 is 0 Å². The number of fused-ring (bicyclic) bond motifs is 1. The van der Waals surface area contributed by atoms with Crippen molar-refractivity contribution in [2.45, 2.75) is 44.2 Å². The van der Waals surface area contributed by atoms with E-state index in [2.05, 4.69) is 5.32 Å². The van der Waals surface area contributed by atoms with Crippen molar-refractivity contribution in [1.29, 1.82) is 0 Å². The molecule has 1 N–H and O–H groups in total. The average Bonchev–Trinajstić information content (AvgIpc) is 2.99. The first kappa shape index (κ1) is 12.1. The van der Waals surface area contributed by atoms with Crippen LogP contribution in [0.4, 0.5) is 4.39 Å². The van der Waals surface area contributed by atoms with E-state index in [9.17, 15) is 4.39 Å². The fraction of sp³-hybridized carbons (Fsp3) is 0.600. The van der Waals surface area contributed by atoms with Gasteiger partial charge in [-0.15, -0.1) is 0 Å². The smallest absolute Gasteiger partial charge is 0.123 e. The zero-order valence-corrected chi connectivity index (χ0v) is 10.6. The first-order valence-electron chi connectivity index (χ1n) is 6.96. The molecule has 1 aromatic rings. The summed E-state index contributed by atoms with van der Waals surface area (Å²) in [5.74, 6) is -0.117. The number of aryl methyl sites for hydroxylation is 1. The van der Waals surface area contributed by atoms with Gasteiger partial charge in [-0.2, -0.15) is 0 Å². The molecule has 3 rings (SSSR count). The van der Waals surface area contributed by atoms with Crippen LogP contribution in [0.2, 0.25) is 0 Å². The monoisotopic (exact) mass is 249 g/mol. The van der Waals surface area contributed by atoms with Crippen LogP contribution in [0.1, 0.15) is 42.9 Å². The molecule has 0 aromatic heterocycles. The lowest BCUT2D eigenvalue weighted by molar-refractivity contribution is 0.103. The molecule has 1 fully saturated rings. The van der Waals surface area contributed by atoms with Crippen LogP contribution in [0.5, 0.6) is 0 Å². The van der Waals surface area contributed by atoms with E-state index in [1.807, 2.05) is 6.07 Å². The highest BCUT2D eigenvalue weighted by Crippen LogP contribution is 2.31. The van der Waals surface area contributed by atoms with Gasteiger partial charge in [0.25, 0.3) is 0 Å². The molecule has 1 aromatic carbocycles. The molecule has 1 saturated heterocycles. The zero-order valence-electron chi connectivity index (χ0n) is 10.6. The van der Waals surface area contributed by atoms with Gasteiger partial charge in [-0.1, -0.05) is 6.07 Å². The third-order valence-corrected chi connectivity index (χ3v) is 4.06. The molecule has 0 amide bonds. The predicted molar refractivity (Wildman–Crippen MR) is 69.1 cm³/mol. The predicted octanol–water partition coefficient (Wildman–Crippen LogP) is 2.97. The number of rotatable bonds is 4. The number of nitrogens with one attached hydrogen (secondary N) is 1. The molecule has 3 heteroatoms. The van der Waals surface area contributed by atoms with Crippen LogP contribution in [0.3, 0.4) is 0 Å². The normalized spacial score (nSPS) is 26.5. The van der Waals surface area contributed by atoms with Crippen LogP contribution in [0.25, 0.3) is 0 Å². The van der Waals surface area contributed by atoms with Crippen molar-refractivity contribution >= 4 is 0 Å². The fourth-order valence-corrected chi connectivity index (χ4v) is 3.09. The van der Waals surface area contributed by atoms with Crippen molar-refractivity contribution < 1.29 is 9.13 Å². The van der Waals surface area contributed by atoms with Crippen molar-refractivity contribution in [2.75, 3.05) is 13.2 Å². The summed E-state index contributed by atoms with van der Waals surface area (Å²) in [5.41, 5.74) is 2.45. The van der Waals surface area contributed by atoms with Gasteiger partial charge < -0.3 is 10.1 Å². The highest BCUT2D eigenvalue weighted by molar-refractivity contribution is 5.34. The topological polar surface area (TPSA) is 21.3 Å². The molecule has 2 nitrogen and oxygen atoms in total. The lowest BCUT2D eigenvalue weighted by Crippen LogP contribution is -2.23. The van der Waals surface area contributed by atoms with Crippen LogP contribution in [-0.2, 0) is 11.2 Å². The first-order chi connectivity index (χ1) is 8.83. The molecule has 2 unspecified atom stereocenters. The lowest BCUT2D eigenvalue weighted by atomic mass is 10.1. The van der Waals surface area contributed by atoms with Crippen LogP contribution in [-0.4, -0.2) is 19.3 Å². The minimum Gasteiger partial charge on any atom is -0.378 e. The molecule has 18 heavy (non-hydrogen) atoms. The van der Waals surface area contributed by atoms with E-state index in [4.69, 9.17) is 4.74 Å². The molecule has 1 aliphatic carbocycles. The van der Waals surface area contributed by atoms with E-state index >= 15 is 0 Å². The van der Waals surface area contributed by atoms with E-state index in [0.717, 1.165) is 32.4 Å². The average molecular weight is 249 g/mol. The molecule has 0 radical (unpaired) electrons. The van der Waals surface area contributed by atoms with Crippen molar-refractivity contribution in [3.8, 4) is 0 Å². The summed E-state index contributed by atoms with van der Waals surface area (Å²) in [7, 11) is 0. The minimum atomic E-state index is -0.117. The van der Waals surface area contributed by atoms with Gasteiger partial charge in [0.1, 0.15) is 5.82 Å². The van der Waals surface area contributed by atoms with Gasteiger partial charge in [0, 0.05) is 12.6 Å². The molecular formula is C15H20FNO. The van der Waals surface area contributed by atoms with Crippen LogP contribution in [0, 0.1) is 5.82 Å². The van der Waals surface area contributed by atoms with Crippen molar-refractivity contribution in [2.24, 2.45) is 0 Å². The maximum atomic E-state index is 13.1. The highest BCUT2D eigenvalue weighted by atomic mass is 19.1. The maximum absolute atomic E-state index is 13.1. The van der Waals surface area contributed by atoms with Crippen molar-refractivity contribution in [3.05, 3.63) is 35.1 Å². The Morgan fingerprint density at radius 1 is 1.33 bits per heavy atom. The van der Waals surface area contributed by atoms with Gasteiger partial charge in [-0.25, -0.2) is 4.39 Å². The van der Waals surface area contributed by atoms with Crippen LogP contribution < -0.4 is 5.32 Å². The van der Waals surface area contributed by atoms with Gasteiger partial charge in [0.2, 0.25) is 0 Å². The molecule has 1 heterocycles. The Hall–Kier alpha value is -0.930. The molecular weight excluding hydrogens is 229 g/mol. The van der Waals surface area contributed by atoms with E-state index in [1.165, 1.54) is 24.0 Å². The van der Waals surface area contributed by atoms with Gasteiger partial charge in [0.05, 0.1) is 6.10 Å². The second kappa shape index (κ2) is 5.37. The number of benzene rings is 1. The highest BCUT2D eigenvalue weighted by Gasteiger charge is 2.23. The maximum Gasteiger partial charge on any atom is 0.123 e. The number of ether oxygens (including phenoxy) is 1. The summed E-state index contributed by atoms with van der Waals surface area (Å²) >= 11 is 0. The summed E-state index contributed by atoms with van der Waals surface area (Å²) < 4.78 is 18.7. The SMILES string of the molecule is Fc1ccc2c(c1)CCC2NCCC1CCCO1. The van der Waals surface area contributed by atoms with Crippen molar-refractivity contribution in [3.63, 3.8) is 0 Å². The number of hydrogen-bond acceptors (Lipinski definition) is 2. The van der Waals surface area contributed by atoms with E-state index in [1.54, 1.807) is 12.1 Å². The van der Waals surface area contributed by atoms with Crippen LogP contribution in [0.15, 0.2) is 18.2 Å². The molecule has 1 aliphatic heterocycles.